The number of hydrogen-bond donors (Lipinski definition) is 1. The molecule has 0 bridgehead atoms. The van der Waals surface area contributed by atoms with Crippen LogP contribution in [-0.4, -0.2) is 25.2 Å². The normalized spacial score (nSPS) is 10.9. The number of ether oxygens (including phenoxy) is 1. The number of hydrogen-bond acceptors (Lipinski definition) is 3. The lowest BCUT2D eigenvalue weighted by Gasteiger charge is -2.08. The maximum absolute atomic E-state index is 5.03. The van der Waals surface area contributed by atoms with E-state index in [2.05, 4.69) is 34.6 Å². The zero-order valence-electron chi connectivity index (χ0n) is 10.9. The first-order valence-electron chi connectivity index (χ1n) is 6.43. The lowest BCUT2D eigenvalue weighted by molar-refractivity contribution is 0.192. The van der Waals surface area contributed by atoms with Crippen LogP contribution in [0.1, 0.15) is 18.4 Å². The molecule has 0 amide bonds. The molecular formula is C15H20N2O. The maximum atomic E-state index is 5.03. The lowest BCUT2D eigenvalue weighted by Crippen LogP contribution is -2.15. The quantitative estimate of drug-likeness (QED) is 0.760. The molecule has 0 aliphatic rings. The Bertz CT molecular complexity index is 479. The van der Waals surface area contributed by atoms with Gasteiger partial charge in [0.1, 0.15) is 0 Å². The van der Waals surface area contributed by atoms with Crippen LogP contribution < -0.4 is 5.32 Å². The van der Waals surface area contributed by atoms with Gasteiger partial charge >= 0.3 is 0 Å². The molecule has 2 rings (SSSR count). The summed E-state index contributed by atoms with van der Waals surface area (Å²) in [5.74, 6) is 0. The van der Waals surface area contributed by atoms with E-state index in [1.165, 1.54) is 16.3 Å². The van der Waals surface area contributed by atoms with E-state index in [0.29, 0.717) is 0 Å². The minimum atomic E-state index is 0.849. The van der Waals surface area contributed by atoms with Gasteiger partial charge in [0, 0.05) is 38.0 Å². The number of benzene rings is 1. The van der Waals surface area contributed by atoms with Crippen LogP contribution >= 0.6 is 0 Å². The first kappa shape index (κ1) is 13.0. The predicted molar refractivity (Wildman–Crippen MR) is 74.6 cm³/mol. The fraction of sp³-hybridized carbons (Fsp3) is 0.400. The van der Waals surface area contributed by atoms with E-state index >= 15 is 0 Å². The van der Waals surface area contributed by atoms with Gasteiger partial charge in [-0.25, -0.2) is 0 Å². The second-order valence-electron chi connectivity index (χ2n) is 4.39. The minimum Gasteiger partial charge on any atom is -0.385 e. The minimum absolute atomic E-state index is 0.849. The highest BCUT2D eigenvalue weighted by Gasteiger charge is 1.99. The van der Waals surface area contributed by atoms with Gasteiger partial charge in [-0.2, -0.15) is 0 Å². The Morgan fingerprint density at radius 1 is 1.22 bits per heavy atom. The second kappa shape index (κ2) is 7.09. The van der Waals surface area contributed by atoms with Gasteiger partial charge in [0.25, 0.3) is 0 Å². The van der Waals surface area contributed by atoms with Crippen LogP contribution in [0.25, 0.3) is 10.8 Å². The third-order valence-corrected chi connectivity index (χ3v) is 3.04. The SMILES string of the molecule is COCCCCNCc1cccc2cnccc12. The van der Waals surface area contributed by atoms with Crippen LogP contribution in [0.5, 0.6) is 0 Å². The molecule has 1 heterocycles. The Morgan fingerprint density at radius 3 is 3.06 bits per heavy atom. The molecule has 0 atom stereocenters. The largest absolute Gasteiger partial charge is 0.385 e. The molecule has 2 aromatic rings. The van der Waals surface area contributed by atoms with Crippen molar-refractivity contribution in [2.75, 3.05) is 20.3 Å². The molecule has 0 aliphatic carbocycles. The number of methoxy groups -OCH3 is 1. The Hall–Kier alpha value is -1.45. The molecule has 3 nitrogen and oxygen atoms in total. The monoisotopic (exact) mass is 244 g/mol. The van der Waals surface area contributed by atoms with Crippen LogP contribution in [0.15, 0.2) is 36.7 Å². The van der Waals surface area contributed by atoms with Crippen molar-refractivity contribution in [1.82, 2.24) is 10.3 Å². The number of aromatic nitrogens is 1. The van der Waals surface area contributed by atoms with Crippen molar-refractivity contribution >= 4 is 10.8 Å². The van der Waals surface area contributed by atoms with E-state index in [-0.39, 0.29) is 0 Å². The number of nitrogens with one attached hydrogen (secondary N) is 1. The van der Waals surface area contributed by atoms with Crippen LogP contribution in [0.2, 0.25) is 0 Å². The van der Waals surface area contributed by atoms with Gasteiger partial charge in [-0.15, -0.1) is 0 Å². The van der Waals surface area contributed by atoms with Crippen LogP contribution in [0.3, 0.4) is 0 Å². The first-order chi connectivity index (χ1) is 8.92. The zero-order valence-corrected chi connectivity index (χ0v) is 10.9. The second-order valence-corrected chi connectivity index (χ2v) is 4.39. The van der Waals surface area contributed by atoms with Crippen LogP contribution in [-0.2, 0) is 11.3 Å². The van der Waals surface area contributed by atoms with E-state index < -0.39 is 0 Å². The van der Waals surface area contributed by atoms with Crippen molar-refractivity contribution in [3.63, 3.8) is 0 Å². The van der Waals surface area contributed by atoms with Crippen molar-refractivity contribution in [1.29, 1.82) is 0 Å². The molecule has 0 radical (unpaired) electrons. The van der Waals surface area contributed by atoms with E-state index in [4.69, 9.17) is 4.74 Å². The molecule has 96 valence electrons. The summed E-state index contributed by atoms with van der Waals surface area (Å²) in [5.41, 5.74) is 1.33. The van der Waals surface area contributed by atoms with E-state index in [1.807, 2.05) is 12.4 Å². The highest BCUT2D eigenvalue weighted by atomic mass is 16.5. The average molecular weight is 244 g/mol. The van der Waals surface area contributed by atoms with Gasteiger partial charge in [0.15, 0.2) is 0 Å². The standard InChI is InChI=1S/C15H20N2O/c1-18-10-3-2-8-16-11-13-5-4-6-14-12-17-9-7-15(13)14/h4-7,9,12,16H,2-3,8,10-11H2,1H3. The molecule has 0 fully saturated rings. The van der Waals surface area contributed by atoms with E-state index in [1.54, 1.807) is 7.11 Å². The van der Waals surface area contributed by atoms with Gasteiger partial charge in [-0.05, 0) is 36.4 Å². The Morgan fingerprint density at radius 2 is 2.17 bits per heavy atom. The van der Waals surface area contributed by atoms with Crippen molar-refractivity contribution < 1.29 is 4.74 Å². The smallest absolute Gasteiger partial charge is 0.0462 e. The fourth-order valence-electron chi connectivity index (χ4n) is 2.06. The zero-order chi connectivity index (χ0) is 12.6. The summed E-state index contributed by atoms with van der Waals surface area (Å²) in [5, 5.41) is 5.97. The highest BCUT2D eigenvalue weighted by Crippen LogP contribution is 2.16. The summed E-state index contributed by atoms with van der Waals surface area (Å²) in [6.07, 6.45) is 6.03. The lowest BCUT2D eigenvalue weighted by atomic mass is 10.1. The molecule has 1 aromatic heterocycles. The molecule has 0 spiro atoms. The highest BCUT2D eigenvalue weighted by molar-refractivity contribution is 5.84. The molecular weight excluding hydrogens is 224 g/mol. The molecule has 0 aliphatic heterocycles. The average Bonchev–Trinajstić information content (AvgIpc) is 2.43. The van der Waals surface area contributed by atoms with Gasteiger partial charge in [0.05, 0.1) is 0 Å². The number of nitrogens with zero attached hydrogens (tertiary/aromatic N) is 1. The van der Waals surface area contributed by atoms with Gasteiger partial charge in [-0.3, -0.25) is 4.98 Å². The number of rotatable bonds is 7. The Balaban J connectivity index is 1.88. The summed E-state index contributed by atoms with van der Waals surface area (Å²) < 4.78 is 5.03. The van der Waals surface area contributed by atoms with Gasteiger partial charge in [-0.1, -0.05) is 18.2 Å². The maximum Gasteiger partial charge on any atom is 0.0462 e. The fourth-order valence-corrected chi connectivity index (χ4v) is 2.06. The van der Waals surface area contributed by atoms with Crippen molar-refractivity contribution in [3.8, 4) is 0 Å². The predicted octanol–water partition coefficient (Wildman–Crippen LogP) is 2.75. The van der Waals surface area contributed by atoms with Crippen molar-refractivity contribution in [3.05, 3.63) is 42.2 Å². The third kappa shape index (κ3) is 3.52. The number of pyridine rings is 1. The summed E-state index contributed by atoms with van der Waals surface area (Å²) in [4.78, 5) is 4.15. The third-order valence-electron chi connectivity index (χ3n) is 3.04. The van der Waals surface area contributed by atoms with Gasteiger partial charge in [0.2, 0.25) is 0 Å². The molecule has 1 aromatic carbocycles. The first-order valence-corrected chi connectivity index (χ1v) is 6.43. The topological polar surface area (TPSA) is 34.1 Å². The summed E-state index contributed by atoms with van der Waals surface area (Å²) in [7, 11) is 1.75. The van der Waals surface area contributed by atoms with Gasteiger partial charge < -0.3 is 10.1 Å². The summed E-state index contributed by atoms with van der Waals surface area (Å²) >= 11 is 0. The van der Waals surface area contributed by atoms with Crippen molar-refractivity contribution in [2.24, 2.45) is 0 Å². The van der Waals surface area contributed by atoms with Crippen LogP contribution in [0.4, 0.5) is 0 Å². The Labute approximate surface area is 108 Å². The molecule has 1 N–H and O–H groups in total. The molecule has 0 unspecified atom stereocenters. The number of fused-ring (bicyclic) bond motifs is 1. The number of unbranched alkanes of at least 4 members (excludes halogenated alkanes) is 1. The van der Waals surface area contributed by atoms with Crippen molar-refractivity contribution in [2.45, 2.75) is 19.4 Å². The van der Waals surface area contributed by atoms with E-state index in [9.17, 15) is 0 Å². The molecule has 0 saturated carbocycles. The summed E-state index contributed by atoms with van der Waals surface area (Å²) in [6, 6.07) is 8.44. The summed E-state index contributed by atoms with van der Waals surface area (Å²) in [6.45, 7) is 2.79. The Kier molecular flexibility index (Phi) is 5.12. The molecule has 3 heteroatoms. The van der Waals surface area contributed by atoms with Crippen LogP contribution in [0, 0.1) is 0 Å². The van der Waals surface area contributed by atoms with E-state index in [0.717, 1.165) is 32.5 Å². The molecule has 0 saturated heterocycles. The molecule has 18 heavy (non-hydrogen) atoms.